The highest BCUT2D eigenvalue weighted by molar-refractivity contribution is 6.38. The van der Waals surface area contributed by atoms with Crippen molar-refractivity contribution in [3.63, 3.8) is 0 Å². The minimum Gasteiger partial charge on any atom is -0.366 e. The Balaban J connectivity index is 3.04. The highest BCUT2D eigenvalue weighted by atomic mass is 35.5. The van der Waals surface area contributed by atoms with Crippen LogP contribution in [0.2, 0.25) is 6.04 Å². The molecule has 0 unspecified atom stereocenters. The van der Waals surface area contributed by atoms with E-state index in [1.54, 1.807) is 0 Å². The minimum absolute atomic E-state index is 0.0101. The van der Waals surface area contributed by atoms with Gasteiger partial charge in [0.2, 0.25) is 0 Å². The Morgan fingerprint density at radius 3 is 2.40 bits per heavy atom. The molecule has 0 saturated carbocycles. The zero-order chi connectivity index (χ0) is 8.04. The van der Waals surface area contributed by atoms with Crippen LogP contribution in [0.1, 0.15) is 0 Å². The van der Waals surface area contributed by atoms with Gasteiger partial charge in [-0.05, 0) is 6.04 Å². The van der Waals surface area contributed by atoms with Gasteiger partial charge < -0.3 is 4.74 Å². The van der Waals surface area contributed by atoms with Gasteiger partial charge in [0.25, 0.3) is 0 Å². The van der Waals surface area contributed by atoms with E-state index in [0.717, 1.165) is 0 Å². The molecule has 0 aromatic carbocycles. The Morgan fingerprint density at radius 1 is 1.40 bits per heavy atom. The zero-order valence-electron chi connectivity index (χ0n) is 5.04. The molecule has 0 saturated heterocycles. The number of ether oxygens (including phenoxy) is 1. The second-order valence-corrected chi connectivity index (χ2v) is 3.08. The summed E-state index contributed by atoms with van der Waals surface area (Å²) in [7, 11) is -1.03. The van der Waals surface area contributed by atoms with Gasteiger partial charge in [0.15, 0.2) is 9.52 Å². The van der Waals surface area contributed by atoms with Crippen LogP contribution in [0, 0.1) is 0 Å². The van der Waals surface area contributed by atoms with Crippen molar-refractivity contribution < 1.29 is 17.9 Å². The molecule has 60 valence electrons. The average Bonchev–Trinajstić information content (AvgIpc) is 1.78. The maximum absolute atomic E-state index is 11.4. The Labute approximate surface area is 64.3 Å². The second-order valence-electron chi connectivity index (χ2n) is 1.44. The maximum atomic E-state index is 11.4. The molecule has 0 aromatic heterocycles. The summed E-state index contributed by atoms with van der Waals surface area (Å²) >= 11 is 5.05. The summed E-state index contributed by atoms with van der Waals surface area (Å²) in [6.45, 7) is 0.0848. The molecule has 0 aromatic rings. The summed E-state index contributed by atoms with van der Waals surface area (Å²) in [6.07, 6.45) is 0. The van der Waals surface area contributed by atoms with Crippen LogP contribution in [0.15, 0.2) is 0 Å². The molecular formula is C4H6ClF3OSi. The van der Waals surface area contributed by atoms with Crippen molar-refractivity contribution in [3.05, 3.63) is 0 Å². The van der Waals surface area contributed by atoms with Gasteiger partial charge in [-0.25, -0.2) is 0 Å². The lowest BCUT2D eigenvalue weighted by Crippen LogP contribution is -2.19. The van der Waals surface area contributed by atoms with Gasteiger partial charge in [0.1, 0.15) is 6.07 Å². The lowest BCUT2D eigenvalue weighted by molar-refractivity contribution is -0.0477. The van der Waals surface area contributed by atoms with E-state index >= 15 is 0 Å². The van der Waals surface area contributed by atoms with Crippen LogP contribution in [0.4, 0.5) is 13.2 Å². The lowest BCUT2D eigenvalue weighted by Gasteiger charge is -2.03. The Hall–Kier alpha value is 0.257. The molecule has 0 aliphatic heterocycles. The summed E-state index contributed by atoms with van der Waals surface area (Å²) in [6, 6.07) is -0.0292. The van der Waals surface area contributed by atoms with E-state index in [0.29, 0.717) is 0 Å². The average molecular weight is 191 g/mol. The Kier molecular flexibility index (Phi) is 5.11. The molecular weight excluding hydrogens is 185 g/mol. The predicted octanol–water partition coefficient (Wildman–Crippen LogP) is 1.84. The van der Waals surface area contributed by atoms with E-state index in [1.165, 1.54) is 0 Å². The predicted molar refractivity (Wildman–Crippen MR) is 33.3 cm³/mol. The molecule has 6 heteroatoms. The van der Waals surface area contributed by atoms with E-state index in [4.69, 9.17) is 11.6 Å². The summed E-state index contributed by atoms with van der Waals surface area (Å²) in [5, 5.41) is 0. The Bertz CT molecular complexity index is 87.1. The third kappa shape index (κ3) is 8.26. The van der Waals surface area contributed by atoms with Gasteiger partial charge in [-0.15, -0.1) is 0 Å². The monoisotopic (exact) mass is 190 g/mol. The van der Waals surface area contributed by atoms with Crippen molar-refractivity contribution in [3.8, 4) is 0 Å². The molecule has 0 aliphatic carbocycles. The highest BCUT2D eigenvalue weighted by Gasteiger charge is 2.26. The molecule has 10 heavy (non-hydrogen) atoms. The molecule has 0 fully saturated rings. The lowest BCUT2D eigenvalue weighted by atomic mass is 10.9. The number of alkyl halides is 4. The van der Waals surface area contributed by atoms with Crippen molar-refractivity contribution >= 4 is 21.1 Å². The van der Waals surface area contributed by atoms with Crippen molar-refractivity contribution in [2.45, 2.75) is 11.8 Å². The smallest absolute Gasteiger partial charge is 0.357 e. The molecule has 0 spiro atoms. The molecule has 0 rings (SSSR count). The number of hydrogen-bond acceptors (Lipinski definition) is 1. The maximum Gasteiger partial charge on any atom is 0.357 e. The van der Waals surface area contributed by atoms with Gasteiger partial charge in [-0.1, -0.05) is 11.6 Å². The van der Waals surface area contributed by atoms with Crippen LogP contribution in [-0.4, -0.2) is 28.0 Å². The normalized spacial score (nSPS) is 12.0. The van der Waals surface area contributed by atoms with Crippen LogP contribution in [0.3, 0.4) is 0 Å². The number of hydrogen-bond donors (Lipinski definition) is 0. The van der Waals surface area contributed by atoms with Crippen molar-refractivity contribution in [2.75, 3.05) is 12.7 Å². The molecule has 0 atom stereocenters. The van der Waals surface area contributed by atoms with Crippen LogP contribution in [0.5, 0.6) is 0 Å². The number of halogens is 4. The first-order valence-electron chi connectivity index (χ1n) is 2.52. The molecule has 2 radical (unpaired) electrons. The third-order valence-electron chi connectivity index (χ3n) is 0.649. The van der Waals surface area contributed by atoms with E-state index < -0.39 is 15.3 Å². The fourth-order valence-corrected chi connectivity index (χ4v) is 0.958. The molecule has 1 nitrogen and oxygen atoms in total. The largest absolute Gasteiger partial charge is 0.366 e. The van der Waals surface area contributed by atoms with Gasteiger partial charge in [-0.2, -0.15) is 13.2 Å². The van der Waals surface area contributed by atoms with Crippen molar-refractivity contribution in [2.24, 2.45) is 0 Å². The van der Waals surface area contributed by atoms with Gasteiger partial charge >= 0.3 is 5.80 Å². The first-order chi connectivity index (χ1) is 4.56. The SMILES string of the molecule is FC(F)(F)[Si]CCOCCl. The van der Waals surface area contributed by atoms with Gasteiger partial charge in [0.05, 0.1) is 0 Å². The summed E-state index contributed by atoms with van der Waals surface area (Å²) in [5.41, 5.74) is 0. The van der Waals surface area contributed by atoms with E-state index in [9.17, 15) is 13.2 Å². The fraction of sp³-hybridized carbons (Fsp3) is 1.00. The number of rotatable bonds is 4. The quantitative estimate of drug-likeness (QED) is 0.374. The highest BCUT2D eigenvalue weighted by Crippen LogP contribution is 2.13. The van der Waals surface area contributed by atoms with Crippen LogP contribution in [-0.2, 0) is 4.74 Å². The minimum atomic E-state index is -4.05. The molecule has 0 bridgehead atoms. The second kappa shape index (κ2) is 4.98. The molecule has 0 N–H and O–H groups in total. The summed E-state index contributed by atoms with van der Waals surface area (Å²) in [4.78, 5) is 0. The van der Waals surface area contributed by atoms with Crippen molar-refractivity contribution in [1.82, 2.24) is 0 Å². The summed E-state index contributed by atoms with van der Waals surface area (Å²) in [5.74, 6) is -4.05. The first kappa shape index (κ1) is 10.3. The third-order valence-corrected chi connectivity index (χ3v) is 1.66. The Morgan fingerprint density at radius 2 is 2.00 bits per heavy atom. The molecule has 0 heterocycles. The van der Waals surface area contributed by atoms with Gasteiger partial charge in [0, 0.05) is 6.61 Å². The van der Waals surface area contributed by atoms with Gasteiger partial charge in [-0.3, -0.25) is 0 Å². The van der Waals surface area contributed by atoms with Crippen molar-refractivity contribution in [1.29, 1.82) is 0 Å². The zero-order valence-corrected chi connectivity index (χ0v) is 6.80. The van der Waals surface area contributed by atoms with E-state index in [2.05, 4.69) is 4.74 Å². The fourth-order valence-electron chi connectivity index (χ4n) is 0.319. The molecule has 0 amide bonds. The van der Waals surface area contributed by atoms with Crippen LogP contribution >= 0.6 is 11.6 Å². The van der Waals surface area contributed by atoms with Crippen LogP contribution in [0.25, 0.3) is 0 Å². The standard InChI is InChI=1S/C4H6ClF3OSi/c5-3-9-1-2-10-4(6,7)8/h1-3H2. The molecule has 0 aliphatic rings. The van der Waals surface area contributed by atoms with E-state index in [-0.39, 0.29) is 18.7 Å². The summed E-state index contributed by atoms with van der Waals surface area (Å²) < 4.78 is 38.7. The first-order valence-corrected chi connectivity index (χ1v) is 4.26. The topological polar surface area (TPSA) is 9.23 Å². The van der Waals surface area contributed by atoms with Crippen LogP contribution < -0.4 is 0 Å². The van der Waals surface area contributed by atoms with E-state index in [1.807, 2.05) is 0 Å².